The van der Waals surface area contributed by atoms with Gasteiger partial charge >= 0.3 is 0 Å². The predicted molar refractivity (Wildman–Crippen MR) is 102 cm³/mol. The third-order valence-corrected chi connectivity index (χ3v) is 4.14. The number of aromatic nitrogens is 1. The van der Waals surface area contributed by atoms with Gasteiger partial charge in [-0.05, 0) is 47.5 Å². The van der Waals surface area contributed by atoms with Crippen LogP contribution in [0.5, 0.6) is 5.75 Å². The number of benzene rings is 2. The minimum Gasteiger partial charge on any atom is -0.489 e. The van der Waals surface area contributed by atoms with E-state index in [1.165, 1.54) is 0 Å². The fraction of sp³-hybridized carbons (Fsp3) is 0.150. The second kappa shape index (κ2) is 8.86. The van der Waals surface area contributed by atoms with Crippen LogP contribution in [0.15, 0.2) is 67.0 Å². The highest BCUT2D eigenvalue weighted by Crippen LogP contribution is 2.24. The summed E-state index contributed by atoms with van der Waals surface area (Å²) in [5.74, 6) is 0.808. The highest BCUT2D eigenvalue weighted by Gasteiger charge is 2.06. The number of hydrogen-bond acceptors (Lipinski definition) is 3. The van der Waals surface area contributed by atoms with Gasteiger partial charge in [0.05, 0.1) is 0 Å². The van der Waals surface area contributed by atoms with Crippen LogP contribution in [0.3, 0.4) is 0 Å². The molecule has 0 aliphatic rings. The van der Waals surface area contributed by atoms with E-state index in [4.69, 9.17) is 27.9 Å². The third kappa shape index (κ3) is 5.46. The summed E-state index contributed by atoms with van der Waals surface area (Å²) >= 11 is 12.2. The summed E-state index contributed by atoms with van der Waals surface area (Å²) in [6.45, 7) is 1.84. The number of halogens is 2. The van der Waals surface area contributed by atoms with Crippen molar-refractivity contribution in [3.63, 3.8) is 0 Å². The van der Waals surface area contributed by atoms with Gasteiger partial charge in [-0.15, -0.1) is 0 Å². The first-order chi connectivity index (χ1) is 12.2. The average Bonchev–Trinajstić information content (AvgIpc) is 2.62. The van der Waals surface area contributed by atoms with Crippen molar-refractivity contribution >= 4 is 23.2 Å². The van der Waals surface area contributed by atoms with Crippen LogP contribution in [0.2, 0.25) is 10.0 Å². The number of hydrogen-bond donors (Lipinski definition) is 1. The van der Waals surface area contributed by atoms with E-state index in [0.717, 1.165) is 29.0 Å². The van der Waals surface area contributed by atoms with E-state index in [2.05, 4.69) is 10.3 Å². The molecule has 0 saturated heterocycles. The predicted octanol–water partition coefficient (Wildman–Crippen LogP) is 5.26. The molecule has 128 valence electrons. The lowest BCUT2D eigenvalue weighted by Gasteiger charge is -2.13. The molecule has 25 heavy (non-hydrogen) atoms. The minimum absolute atomic E-state index is 0.456. The van der Waals surface area contributed by atoms with Gasteiger partial charge in [-0.25, -0.2) is 0 Å². The normalized spacial score (nSPS) is 10.6. The first-order valence-electron chi connectivity index (χ1n) is 7.96. The van der Waals surface area contributed by atoms with Crippen molar-refractivity contribution in [1.82, 2.24) is 10.3 Å². The van der Waals surface area contributed by atoms with E-state index >= 15 is 0 Å². The Morgan fingerprint density at radius 1 is 0.880 bits per heavy atom. The summed E-state index contributed by atoms with van der Waals surface area (Å²) in [5.41, 5.74) is 3.17. The largest absolute Gasteiger partial charge is 0.489 e. The molecule has 1 aromatic heterocycles. The lowest BCUT2D eigenvalue weighted by molar-refractivity contribution is 0.302. The standard InChI is InChI=1S/C20H18Cl2N2O/c21-18-5-1-3-15(9-18)14-25-20-7-6-19(22)10-17(20)13-24-12-16-4-2-8-23-11-16/h1-11,24H,12-14H2. The minimum atomic E-state index is 0.456. The van der Waals surface area contributed by atoms with Gasteiger partial charge in [0.2, 0.25) is 0 Å². The van der Waals surface area contributed by atoms with Crippen molar-refractivity contribution in [3.8, 4) is 5.75 Å². The molecule has 0 radical (unpaired) electrons. The monoisotopic (exact) mass is 372 g/mol. The first-order valence-corrected chi connectivity index (χ1v) is 8.71. The van der Waals surface area contributed by atoms with Crippen molar-refractivity contribution in [1.29, 1.82) is 0 Å². The maximum atomic E-state index is 6.14. The summed E-state index contributed by atoms with van der Waals surface area (Å²) in [4.78, 5) is 4.12. The molecule has 1 N–H and O–H groups in total. The molecule has 5 heteroatoms. The molecule has 3 nitrogen and oxygen atoms in total. The topological polar surface area (TPSA) is 34.1 Å². The Kier molecular flexibility index (Phi) is 6.29. The van der Waals surface area contributed by atoms with Gasteiger partial charge in [-0.1, -0.05) is 41.4 Å². The maximum absolute atomic E-state index is 6.14. The molecule has 0 saturated carbocycles. The van der Waals surface area contributed by atoms with Gasteiger partial charge in [0.25, 0.3) is 0 Å². The number of ether oxygens (including phenoxy) is 1. The van der Waals surface area contributed by atoms with Crippen LogP contribution in [-0.4, -0.2) is 4.98 Å². The van der Waals surface area contributed by atoms with Crippen LogP contribution in [-0.2, 0) is 19.7 Å². The highest BCUT2D eigenvalue weighted by atomic mass is 35.5. The molecular formula is C20H18Cl2N2O. The van der Waals surface area contributed by atoms with Gasteiger partial charge < -0.3 is 10.1 Å². The fourth-order valence-electron chi connectivity index (χ4n) is 2.46. The van der Waals surface area contributed by atoms with Crippen LogP contribution >= 0.6 is 23.2 Å². The zero-order chi connectivity index (χ0) is 17.5. The molecule has 0 spiro atoms. The van der Waals surface area contributed by atoms with Crippen molar-refractivity contribution < 1.29 is 4.74 Å². The number of rotatable bonds is 7. The van der Waals surface area contributed by atoms with E-state index in [9.17, 15) is 0 Å². The molecule has 3 aromatic rings. The second-order valence-corrected chi connectivity index (χ2v) is 6.51. The van der Waals surface area contributed by atoms with Crippen molar-refractivity contribution in [2.24, 2.45) is 0 Å². The Balaban J connectivity index is 1.63. The van der Waals surface area contributed by atoms with Crippen molar-refractivity contribution in [2.45, 2.75) is 19.7 Å². The highest BCUT2D eigenvalue weighted by molar-refractivity contribution is 6.30. The van der Waals surface area contributed by atoms with Crippen LogP contribution in [0.25, 0.3) is 0 Å². The zero-order valence-corrected chi connectivity index (χ0v) is 15.1. The molecular weight excluding hydrogens is 355 g/mol. The van der Waals surface area contributed by atoms with Gasteiger partial charge in [0.15, 0.2) is 0 Å². The second-order valence-electron chi connectivity index (χ2n) is 5.64. The van der Waals surface area contributed by atoms with Crippen LogP contribution < -0.4 is 10.1 Å². The van der Waals surface area contributed by atoms with Crippen LogP contribution in [0, 0.1) is 0 Å². The molecule has 0 aliphatic heterocycles. The Morgan fingerprint density at radius 3 is 2.52 bits per heavy atom. The molecule has 1 heterocycles. The van der Waals surface area contributed by atoms with Gasteiger partial charge in [-0.3, -0.25) is 4.98 Å². The van der Waals surface area contributed by atoms with Crippen LogP contribution in [0.1, 0.15) is 16.7 Å². The molecule has 0 bridgehead atoms. The van der Waals surface area contributed by atoms with E-state index in [0.29, 0.717) is 23.2 Å². The third-order valence-electron chi connectivity index (χ3n) is 3.67. The fourth-order valence-corrected chi connectivity index (χ4v) is 2.87. The lowest BCUT2D eigenvalue weighted by Crippen LogP contribution is -2.13. The smallest absolute Gasteiger partial charge is 0.124 e. The molecule has 0 amide bonds. The lowest BCUT2D eigenvalue weighted by atomic mass is 10.2. The molecule has 0 aliphatic carbocycles. The van der Waals surface area contributed by atoms with E-state index in [1.54, 1.807) is 6.20 Å². The van der Waals surface area contributed by atoms with Gasteiger partial charge in [-0.2, -0.15) is 0 Å². The van der Waals surface area contributed by atoms with Crippen molar-refractivity contribution in [3.05, 3.63) is 93.7 Å². The van der Waals surface area contributed by atoms with E-state index in [-0.39, 0.29) is 0 Å². The number of nitrogens with zero attached hydrogens (tertiary/aromatic N) is 1. The quantitative estimate of drug-likeness (QED) is 0.614. The van der Waals surface area contributed by atoms with Crippen LogP contribution in [0.4, 0.5) is 0 Å². The van der Waals surface area contributed by atoms with Gasteiger partial charge in [0, 0.05) is 41.1 Å². The molecule has 0 unspecified atom stereocenters. The summed E-state index contributed by atoms with van der Waals surface area (Å²) in [6.07, 6.45) is 3.61. The summed E-state index contributed by atoms with van der Waals surface area (Å²) in [7, 11) is 0. The number of nitrogens with one attached hydrogen (secondary N) is 1. The summed E-state index contributed by atoms with van der Waals surface area (Å²) in [5, 5.41) is 4.79. The Labute approximate surface area is 157 Å². The average molecular weight is 373 g/mol. The zero-order valence-electron chi connectivity index (χ0n) is 13.6. The maximum Gasteiger partial charge on any atom is 0.124 e. The molecule has 0 fully saturated rings. The first kappa shape index (κ1) is 17.7. The van der Waals surface area contributed by atoms with Gasteiger partial charge in [0.1, 0.15) is 12.4 Å². The summed E-state index contributed by atoms with van der Waals surface area (Å²) in [6, 6.07) is 17.3. The molecule has 3 rings (SSSR count). The number of pyridine rings is 1. The Hall–Kier alpha value is -2.07. The van der Waals surface area contributed by atoms with E-state index < -0.39 is 0 Å². The Bertz CT molecular complexity index is 825. The van der Waals surface area contributed by atoms with E-state index in [1.807, 2.05) is 60.8 Å². The SMILES string of the molecule is Clc1cccc(COc2ccc(Cl)cc2CNCc2cccnc2)c1. The molecule has 0 atom stereocenters. The van der Waals surface area contributed by atoms with Crippen molar-refractivity contribution in [2.75, 3.05) is 0 Å². The molecule has 2 aromatic carbocycles. The Morgan fingerprint density at radius 2 is 1.72 bits per heavy atom. The summed E-state index contributed by atoms with van der Waals surface area (Å²) < 4.78 is 5.97.